The van der Waals surface area contributed by atoms with Gasteiger partial charge in [-0.1, -0.05) is 29.8 Å². The summed E-state index contributed by atoms with van der Waals surface area (Å²) in [6, 6.07) is 15.1. The Bertz CT molecular complexity index is 1200. The number of benzene rings is 2. The molecule has 0 aliphatic carbocycles. The van der Waals surface area contributed by atoms with Gasteiger partial charge >= 0.3 is 0 Å². The molecule has 0 aliphatic rings. The van der Waals surface area contributed by atoms with Gasteiger partial charge in [-0.05, 0) is 38.1 Å². The first-order valence-electron chi connectivity index (χ1n) is 9.49. The van der Waals surface area contributed by atoms with Crippen LogP contribution in [-0.4, -0.2) is 45.1 Å². The van der Waals surface area contributed by atoms with Gasteiger partial charge in [-0.2, -0.15) is 0 Å². The van der Waals surface area contributed by atoms with Crippen LogP contribution < -0.4 is 0 Å². The van der Waals surface area contributed by atoms with Crippen LogP contribution in [0.2, 0.25) is 0 Å². The number of carbonyl (C=O) groups is 1. The Morgan fingerprint density at radius 2 is 1.53 bits per heavy atom. The number of amides is 1. The minimum absolute atomic E-state index is 0. The minimum Gasteiger partial charge on any atom is -0.415 e. The van der Waals surface area contributed by atoms with E-state index in [0.29, 0.717) is 34.4 Å². The summed E-state index contributed by atoms with van der Waals surface area (Å²) in [6.45, 7) is 3.87. The van der Waals surface area contributed by atoms with Gasteiger partial charge in [0.05, 0.1) is 17.6 Å². The molecule has 1 amide bonds. The zero-order valence-electron chi connectivity index (χ0n) is 17.2. The van der Waals surface area contributed by atoms with Gasteiger partial charge in [-0.15, -0.1) is 10.2 Å². The first-order chi connectivity index (χ1) is 14.4. The summed E-state index contributed by atoms with van der Waals surface area (Å²) in [4.78, 5) is 22.8. The highest BCUT2D eigenvalue weighted by molar-refractivity contribution is 5.94. The molecule has 0 saturated heterocycles. The summed E-state index contributed by atoms with van der Waals surface area (Å²) in [7, 11) is 3.45. The molecule has 0 fully saturated rings. The number of hydrogen-bond acceptors (Lipinski definition) is 6. The van der Waals surface area contributed by atoms with Crippen LogP contribution in [0.1, 0.15) is 23.0 Å². The fraction of sp³-hybridized carbons (Fsp3) is 0.174. The quantitative estimate of drug-likeness (QED) is 0.503. The second kappa shape index (κ2) is 7.87. The highest BCUT2D eigenvalue weighted by atomic mass is 16.4. The topological polar surface area (TPSA) is 85.0 Å². The Morgan fingerprint density at radius 1 is 0.900 bits per heavy atom. The van der Waals surface area contributed by atoms with E-state index < -0.39 is 0 Å². The summed E-state index contributed by atoms with van der Waals surface area (Å²) in [5, 5.41) is 8.33. The Labute approximate surface area is 175 Å². The predicted octanol–water partition coefficient (Wildman–Crippen LogP) is 4.43. The third-order valence-corrected chi connectivity index (χ3v) is 4.72. The maximum atomic E-state index is 12.1. The zero-order chi connectivity index (χ0) is 21.3. The smallest absolute Gasteiger partial charge is 0.268 e. The van der Waals surface area contributed by atoms with Gasteiger partial charge in [0.2, 0.25) is 5.89 Å². The van der Waals surface area contributed by atoms with E-state index >= 15 is 0 Å². The van der Waals surface area contributed by atoms with Gasteiger partial charge < -0.3 is 9.32 Å². The molecule has 4 rings (SSSR count). The van der Waals surface area contributed by atoms with Crippen molar-refractivity contribution < 1.29 is 10.6 Å². The van der Waals surface area contributed by atoms with Crippen molar-refractivity contribution in [1.29, 1.82) is 0 Å². The molecule has 0 aliphatic heterocycles. The largest absolute Gasteiger partial charge is 0.415 e. The summed E-state index contributed by atoms with van der Waals surface area (Å²) < 4.78 is 5.87. The molecule has 2 aromatic heterocycles. The van der Waals surface area contributed by atoms with E-state index in [1.165, 1.54) is 0 Å². The van der Waals surface area contributed by atoms with Crippen LogP contribution >= 0.6 is 0 Å². The van der Waals surface area contributed by atoms with Gasteiger partial charge in [-0.25, -0.2) is 4.98 Å². The molecule has 152 valence electrons. The van der Waals surface area contributed by atoms with Crippen LogP contribution in [0.25, 0.3) is 34.3 Å². The Kier molecular flexibility index (Phi) is 5.10. The lowest BCUT2D eigenvalue weighted by molar-refractivity contribution is 0.0827. The first-order valence-corrected chi connectivity index (χ1v) is 9.49. The average Bonchev–Trinajstić information content (AvgIpc) is 3.24. The maximum Gasteiger partial charge on any atom is 0.268 e. The molecule has 30 heavy (non-hydrogen) atoms. The van der Waals surface area contributed by atoms with Crippen LogP contribution in [0.5, 0.6) is 0 Å². The van der Waals surface area contributed by atoms with Crippen LogP contribution in [0.15, 0.2) is 59.1 Å². The minimum atomic E-state index is -0.0493. The summed E-state index contributed by atoms with van der Waals surface area (Å²) >= 11 is 0. The first kappa shape index (κ1) is 19.4. The van der Waals surface area contributed by atoms with Crippen molar-refractivity contribution in [3.05, 3.63) is 71.5 Å². The second-order valence-corrected chi connectivity index (χ2v) is 7.24. The van der Waals surface area contributed by atoms with Crippen LogP contribution in [-0.2, 0) is 0 Å². The van der Waals surface area contributed by atoms with E-state index in [9.17, 15) is 4.79 Å². The standard InChI is InChI=1S/C23H21N5O2.H2/c1-14-5-7-17(8-6-14)21-26-27-22(30-21)20-15(2)24-13-19(25-20)16-9-11-18(12-10-16)23(29)28(3)4;/h5-13H,1-4H3;1H. The highest BCUT2D eigenvalue weighted by Gasteiger charge is 2.16. The lowest BCUT2D eigenvalue weighted by Crippen LogP contribution is -2.21. The molecule has 0 bridgehead atoms. The molecular formula is C23H23N5O2. The molecule has 7 nitrogen and oxygen atoms in total. The molecular weight excluding hydrogens is 378 g/mol. The van der Waals surface area contributed by atoms with Crippen molar-refractivity contribution >= 4 is 5.91 Å². The Morgan fingerprint density at radius 3 is 2.20 bits per heavy atom. The van der Waals surface area contributed by atoms with Crippen molar-refractivity contribution in [1.82, 2.24) is 25.1 Å². The monoisotopic (exact) mass is 401 g/mol. The second-order valence-electron chi connectivity index (χ2n) is 7.24. The lowest BCUT2D eigenvalue weighted by atomic mass is 10.1. The van der Waals surface area contributed by atoms with Gasteiger partial charge in [-0.3, -0.25) is 9.78 Å². The number of carbonyl (C=O) groups excluding carboxylic acids is 1. The summed E-state index contributed by atoms with van der Waals surface area (Å²) in [5.74, 6) is 0.701. The molecule has 0 unspecified atom stereocenters. The fourth-order valence-electron chi connectivity index (χ4n) is 2.96. The number of aryl methyl sites for hydroxylation is 2. The zero-order valence-corrected chi connectivity index (χ0v) is 17.2. The van der Waals surface area contributed by atoms with E-state index in [1.54, 1.807) is 37.3 Å². The molecule has 0 saturated carbocycles. The average molecular weight is 401 g/mol. The van der Waals surface area contributed by atoms with Gasteiger partial charge in [0.1, 0.15) is 5.69 Å². The van der Waals surface area contributed by atoms with Crippen molar-refractivity contribution in [2.45, 2.75) is 13.8 Å². The van der Waals surface area contributed by atoms with Crippen molar-refractivity contribution in [2.75, 3.05) is 14.1 Å². The van der Waals surface area contributed by atoms with Gasteiger partial charge in [0.15, 0.2) is 0 Å². The van der Waals surface area contributed by atoms with Crippen LogP contribution in [0, 0.1) is 13.8 Å². The van der Waals surface area contributed by atoms with Gasteiger partial charge in [0, 0.05) is 32.2 Å². The van der Waals surface area contributed by atoms with Crippen molar-refractivity contribution in [3.8, 4) is 34.3 Å². The SMILES string of the molecule is Cc1ccc(-c2nnc(-c3nc(-c4ccc(C(=O)N(C)C)cc4)cnc3C)o2)cc1.[HH]. The summed E-state index contributed by atoms with van der Waals surface area (Å²) in [6.07, 6.45) is 1.69. The lowest BCUT2D eigenvalue weighted by Gasteiger charge is -2.10. The molecule has 4 aromatic rings. The Hall–Kier alpha value is -3.87. The third-order valence-electron chi connectivity index (χ3n) is 4.72. The number of aromatic nitrogens is 4. The highest BCUT2D eigenvalue weighted by Crippen LogP contribution is 2.27. The number of hydrogen-bond donors (Lipinski definition) is 0. The Balaban J connectivity index is 0.00000272. The van der Waals surface area contributed by atoms with Crippen LogP contribution in [0.3, 0.4) is 0 Å². The van der Waals surface area contributed by atoms with E-state index in [0.717, 1.165) is 16.7 Å². The summed E-state index contributed by atoms with van der Waals surface area (Å²) in [5.41, 5.74) is 5.35. The van der Waals surface area contributed by atoms with E-state index in [1.807, 2.05) is 50.2 Å². The molecule has 7 heteroatoms. The molecule has 2 aromatic carbocycles. The molecule has 0 N–H and O–H groups in total. The predicted molar refractivity (Wildman–Crippen MR) is 116 cm³/mol. The number of rotatable bonds is 4. The van der Waals surface area contributed by atoms with E-state index in [-0.39, 0.29) is 7.33 Å². The third kappa shape index (κ3) is 3.82. The molecule has 0 spiro atoms. The van der Waals surface area contributed by atoms with Gasteiger partial charge in [0.25, 0.3) is 11.8 Å². The maximum absolute atomic E-state index is 12.1. The number of nitrogens with zero attached hydrogens (tertiary/aromatic N) is 5. The van der Waals surface area contributed by atoms with Crippen LogP contribution in [0.4, 0.5) is 0 Å². The molecule has 2 heterocycles. The molecule has 0 atom stereocenters. The van der Waals surface area contributed by atoms with Crippen molar-refractivity contribution in [3.63, 3.8) is 0 Å². The molecule has 0 radical (unpaired) electrons. The van der Waals surface area contributed by atoms with E-state index in [2.05, 4.69) is 20.2 Å². The normalized spacial score (nSPS) is 10.8. The van der Waals surface area contributed by atoms with Crippen molar-refractivity contribution in [2.24, 2.45) is 0 Å². The fourth-order valence-corrected chi connectivity index (χ4v) is 2.96. The van der Waals surface area contributed by atoms with E-state index in [4.69, 9.17) is 4.42 Å².